The van der Waals surface area contributed by atoms with Crippen molar-refractivity contribution in [1.29, 1.82) is 0 Å². The number of aromatic nitrogens is 3. The molecule has 2 aromatic heterocycles. The molecule has 2 rings (SSSR count). The maximum atomic E-state index is 12.8. The third-order valence-electron chi connectivity index (χ3n) is 3.24. The number of sulfone groups is 1. The molecule has 0 aromatic carbocycles. The summed E-state index contributed by atoms with van der Waals surface area (Å²) >= 11 is -0.00192. The summed E-state index contributed by atoms with van der Waals surface area (Å²) in [5, 5.41) is 1.82. The molecule has 154 valence electrons. The van der Waals surface area contributed by atoms with E-state index in [1.165, 1.54) is 0 Å². The van der Waals surface area contributed by atoms with Crippen molar-refractivity contribution in [2.45, 2.75) is 24.2 Å². The van der Waals surface area contributed by atoms with E-state index in [9.17, 15) is 39.6 Å². The van der Waals surface area contributed by atoms with Crippen LogP contribution in [0.25, 0.3) is 0 Å². The summed E-state index contributed by atoms with van der Waals surface area (Å²) in [6.45, 7) is 1.14. The van der Waals surface area contributed by atoms with Crippen molar-refractivity contribution in [2.24, 2.45) is 12.0 Å². The second-order valence-electron chi connectivity index (χ2n) is 5.20. The van der Waals surface area contributed by atoms with Gasteiger partial charge >= 0.3 is 12.4 Å². The molecule has 0 saturated carbocycles. The van der Waals surface area contributed by atoms with E-state index in [1.54, 1.807) is 0 Å². The zero-order valence-electron chi connectivity index (χ0n) is 14.0. The molecule has 0 N–H and O–H groups in total. The lowest BCUT2D eigenvalue weighted by molar-refractivity contribution is -0.139. The van der Waals surface area contributed by atoms with Gasteiger partial charge in [-0.05, 0) is 6.07 Å². The van der Waals surface area contributed by atoms with Gasteiger partial charge in [0, 0.05) is 13.2 Å². The van der Waals surface area contributed by atoms with Gasteiger partial charge in [-0.3, -0.25) is 4.79 Å². The molecule has 0 radical (unpaired) electrons. The standard InChI is InChI=1S/C13H10F6N4O3S2/c1-3-28(25,26)7-4-6(12(14,15)16)5-20-8(7)9(24)21-11-23(2)22-10(27-11)13(17,18)19/h4-5H,3H2,1-2H3. The SMILES string of the molecule is CCS(=O)(=O)c1cc(C(F)(F)F)cnc1C(=O)N=c1sc(C(F)(F)F)nn1C. The first-order valence-corrected chi connectivity index (χ1v) is 9.64. The van der Waals surface area contributed by atoms with Crippen LogP contribution in [-0.2, 0) is 29.2 Å². The Labute approximate surface area is 157 Å². The number of hydrogen-bond donors (Lipinski definition) is 0. The van der Waals surface area contributed by atoms with Gasteiger partial charge in [-0.1, -0.05) is 18.3 Å². The van der Waals surface area contributed by atoms with Crippen molar-refractivity contribution in [3.63, 3.8) is 0 Å². The van der Waals surface area contributed by atoms with Gasteiger partial charge in [0.15, 0.2) is 9.84 Å². The lowest BCUT2D eigenvalue weighted by Crippen LogP contribution is -2.19. The van der Waals surface area contributed by atoms with Crippen LogP contribution in [0.3, 0.4) is 0 Å². The molecule has 0 atom stereocenters. The van der Waals surface area contributed by atoms with Gasteiger partial charge in [0.25, 0.3) is 5.91 Å². The van der Waals surface area contributed by atoms with Gasteiger partial charge < -0.3 is 0 Å². The summed E-state index contributed by atoms with van der Waals surface area (Å²) in [4.78, 5) is 17.3. The molecule has 0 spiro atoms. The monoisotopic (exact) mass is 448 g/mol. The normalized spacial score (nSPS) is 13.8. The van der Waals surface area contributed by atoms with E-state index in [1.807, 2.05) is 0 Å². The highest BCUT2D eigenvalue weighted by atomic mass is 32.2. The molecule has 0 fully saturated rings. The van der Waals surface area contributed by atoms with Crippen molar-refractivity contribution in [3.05, 3.63) is 33.3 Å². The van der Waals surface area contributed by atoms with Crippen LogP contribution in [-0.4, -0.2) is 34.8 Å². The second kappa shape index (κ2) is 7.27. The van der Waals surface area contributed by atoms with Crippen molar-refractivity contribution < 1.29 is 39.6 Å². The van der Waals surface area contributed by atoms with Crippen LogP contribution in [0.15, 0.2) is 22.2 Å². The average Bonchev–Trinajstić information content (AvgIpc) is 2.94. The van der Waals surface area contributed by atoms with Crippen LogP contribution in [0, 0.1) is 0 Å². The maximum Gasteiger partial charge on any atom is 0.445 e. The minimum atomic E-state index is -4.92. The maximum absolute atomic E-state index is 12.8. The zero-order chi connectivity index (χ0) is 21.5. The van der Waals surface area contributed by atoms with E-state index in [0.29, 0.717) is 4.68 Å². The molecule has 1 amide bonds. The summed E-state index contributed by atoms with van der Waals surface area (Å²) < 4.78 is 101. The van der Waals surface area contributed by atoms with Crippen LogP contribution in [0.2, 0.25) is 0 Å². The molecular formula is C13H10F6N4O3S2. The van der Waals surface area contributed by atoms with Crippen LogP contribution < -0.4 is 4.80 Å². The lowest BCUT2D eigenvalue weighted by Gasteiger charge is -2.10. The molecular weight excluding hydrogens is 438 g/mol. The number of rotatable bonds is 3. The molecule has 0 aliphatic heterocycles. The van der Waals surface area contributed by atoms with Gasteiger partial charge in [0.1, 0.15) is 5.69 Å². The Balaban J connectivity index is 2.65. The number of hydrogen-bond acceptors (Lipinski definition) is 6. The smallest absolute Gasteiger partial charge is 0.265 e. The molecule has 0 aliphatic rings. The van der Waals surface area contributed by atoms with Crippen molar-refractivity contribution in [2.75, 3.05) is 5.75 Å². The first kappa shape index (κ1) is 22.0. The summed E-state index contributed by atoms with van der Waals surface area (Å²) in [7, 11) is -3.26. The fourth-order valence-electron chi connectivity index (χ4n) is 1.85. The molecule has 7 nitrogen and oxygen atoms in total. The Kier molecular flexibility index (Phi) is 5.71. The fourth-order valence-corrected chi connectivity index (χ4v) is 3.66. The highest BCUT2D eigenvalue weighted by molar-refractivity contribution is 7.91. The number of alkyl halides is 6. The quantitative estimate of drug-likeness (QED) is 0.673. The predicted molar refractivity (Wildman–Crippen MR) is 82.9 cm³/mol. The van der Waals surface area contributed by atoms with Gasteiger partial charge in [0.05, 0.1) is 16.2 Å². The van der Waals surface area contributed by atoms with Crippen LogP contribution in [0.5, 0.6) is 0 Å². The largest absolute Gasteiger partial charge is 0.445 e. The molecule has 0 unspecified atom stereocenters. The zero-order valence-corrected chi connectivity index (χ0v) is 15.6. The summed E-state index contributed by atoms with van der Waals surface area (Å²) in [5.41, 5.74) is -2.34. The van der Waals surface area contributed by atoms with Crippen molar-refractivity contribution in [1.82, 2.24) is 14.8 Å². The Morgan fingerprint density at radius 3 is 2.29 bits per heavy atom. The number of nitrogens with zero attached hydrogens (tertiary/aromatic N) is 4. The van der Waals surface area contributed by atoms with E-state index < -0.39 is 59.8 Å². The molecule has 0 aliphatic carbocycles. The summed E-state index contributed by atoms with van der Waals surface area (Å²) in [5.74, 6) is -2.06. The number of carbonyl (C=O) groups is 1. The number of aryl methyl sites for hydroxylation is 1. The number of halogens is 6. The molecule has 0 bridgehead atoms. The molecule has 2 heterocycles. The molecule has 0 saturated heterocycles. The Morgan fingerprint density at radius 1 is 1.21 bits per heavy atom. The van der Waals surface area contributed by atoms with Crippen LogP contribution in [0.4, 0.5) is 26.3 Å². The molecule has 28 heavy (non-hydrogen) atoms. The van der Waals surface area contributed by atoms with Gasteiger partial charge in [0.2, 0.25) is 9.81 Å². The fraction of sp³-hybridized carbons (Fsp3) is 0.385. The first-order chi connectivity index (χ1) is 12.7. The Bertz CT molecular complexity index is 1080. The lowest BCUT2D eigenvalue weighted by atomic mass is 10.2. The van der Waals surface area contributed by atoms with E-state index in [2.05, 4.69) is 15.1 Å². The highest BCUT2D eigenvalue weighted by Crippen LogP contribution is 2.31. The third-order valence-corrected chi connectivity index (χ3v) is 6.03. The second-order valence-corrected chi connectivity index (χ2v) is 8.40. The van der Waals surface area contributed by atoms with E-state index in [0.717, 1.165) is 14.0 Å². The van der Waals surface area contributed by atoms with E-state index >= 15 is 0 Å². The van der Waals surface area contributed by atoms with Crippen molar-refractivity contribution >= 4 is 27.1 Å². The minimum Gasteiger partial charge on any atom is -0.265 e. The van der Waals surface area contributed by atoms with Gasteiger partial charge in [-0.2, -0.15) is 36.4 Å². The van der Waals surface area contributed by atoms with Crippen molar-refractivity contribution in [3.8, 4) is 0 Å². The minimum absolute atomic E-state index is 0.00192. The molecule has 15 heteroatoms. The number of amides is 1. The Hall–Kier alpha value is -2.29. The highest BCUT2D eigenvalue weighted by Gasteiger charge is 2.36. The average molecular weight is 448 g/mol. The predicted octanol–water partition coefficient (Wildman–Crippen LogP) is 2.45. The number of pyridine rings is 1. The number of carbonyl (C=O) groups excluding carboxylic acids is 1. The van der Waals surface area contributed by atoms with Gasteiger partial charge in [-0.15, -0.1) is 0 Å². The molecule has 2 aromatic rings. The third kappa shape index (κ3) is 4.57. The topological polar surface area (TPSA) is 94.3 Å². The first-order valence-electron chi connectivity index (χ1n) is 7.17. The van der Waals surface area contributed by atoms with Crippen LogP contribution >= 0.6 is 11.3 Å². The summed E-state index contributed by atoms with van der Waals surface area (Å²) in [6.07, 6.45) is -9.48. The van der Waals surface area contributed by atoms with E-state index in [-0.39, 0.29) is 23.6 Å². The van der Waals surface area contributed by atoms with Gasteiger partial charge in [-0.25, -0.2) is 18.1 Å². The van der Waals surface area contributed by atoms with Crippen LogP contribution in [0.1, 0.15) is 28.0 Å². The van der Waals surface area contributed by atoms with E-state index in [4.69, 9.17) is 0 Å². The Morgan fingerprint density at radius 2 is 1.82 bits per heavy atom. The summed E-state index contributed by atoms with van der Waals surface area (Å²) in [6, 6.07) is 0.238.